The molecule has 0 bridgehead atoms. The van der Waals surface area contributed by atoms with Gasteiger partial charge in [0.1, 0.15) is 5.58 Å². The van der Waals surface area contributed by atoms with Gasteiger partial charge < -0.3 is 14.1 Å². The lowest BCUT2D eigenvalue weighted by Gasteiger charge is -2.28. The van der Waals surface area contributed by atoms with Gasteiger partial charge in [-0.3, -0.25) is 4.79 Å². The van der Waals surface area contributed by atoms with Gasteiger partial charge >= 0.3 is 0 Å². The van der Waals surface area contributed by atoms with Gasteiger partial charge in [0, 0.05) is 37.3 Å². The molecular weight excluding hydrogens is 366 g/mol. The van der Waals surface area contributed by atoms with Crippen LogP contribution in [0.3, 0.4) is 0 Å². The molecule has 6 nitrogen and oxygen atoms in total. The Labute approximate surface area is 160 Å². The number of benzene rings is 1. The van der Waals surface area contributed by atoms with Crippen molar-refractivity contribution in [3.63, 3.8) is 0 Å². The molecule has 1 aromatic heterocycles. The number of hydrogen-bond acceptors (Lipinski definition) is 5. The van der Waals surface area contributed by atoms with E-state index in [0.717, 1.165) is 27.7 Å². The number of sulfone groups is 1. The van der Waals surface area contributed by atoms with E-state index in [1.165, 1.54) is 0 Å². The zero-order valence-corrected chi connectivity index (χ0v) is 17.0. The number of fused-ring (bicyclic) bond motifs is 1. The number of carbonyl (C=O) groups excluding carboxylic acids is 1. The molecule has 0 radical (unpaired) electrons. The van der Waals surface area contributed by atoms with E-state index >= 15 is 0 Å². The van der Waals surface area contributed by atoms with Crippen molar-refractivity contribution < 1.29 is 22.4 Å². The molecule has 0 aliphatic carbocycles. The minimum absolute atomic E-state index is 0.0517. The van der Waals surface area contributed by atoms with E-state index in [-0.39, 0.29) is 29.9 Å². The first-order chi connectivity index (χ1) is 12.8. The number of ether oxygens (including phenoxy) is 1. The third-order valence-corrected chi connectivity index (χ3v) is 7.15. The number of methoxy groups -OCH3 is 1. The summed E-state index contributed by atoms with van der Waals surface area (Å²) in [6, 6.07) is 3.77. The molecule has 1 atom stereocenters. The molecule has 0 saturated carbocycles. The molecule has 1 aliphatic rings. The lowest BCUT2D eigenvalue weighted by molar-refractivity contribution is -0.132. The first-order valence-electron chi connectivity index (χ1n) is 9.27. The van der Waals surface area contributed by atoms with E-state index in [0.29, 0.717) is 26.0 Å². The molecule has 1 saturated heterocycles. The highest BCUT2D eigenvalue weighted by atomic mass is 32.2. The number of amides is 1. The topological polar surface area (TPSA) is 76.8 Å². The SMILES string of the molecule is COCCCN(C(=O)Cc1coc2c(C)c(C)ccc12)C1CCS(=O)(=O)C1. The molecular formula is C20H27NO5S. The molecule has 0 spiro atoms. The van der Waals surface area contributed by atoms with Crippen LogP contribution in [-0.2, 0) is 25.8 Å². The van der Waals surface area contributed by atoms with Crippen LogP contribution in [0, 0.1) is 13.8 Å². The highest BCUT2D eigenvalue weighted by Crippen LogP contribution is 2.28. The summed E-state index contributed by atoms with van der Waals surface area (Å²) < 4.78 is 34.6. The van der Waals surface area contributed by atoms with Crippen LogP contribution in [-0.4, -0.2) is 57.0 Å². The minimum Gasteiger partial charge on any atom is -0.464 e. The second-order valence-corrected chi connectivity index (χ2v) is 9.54. The van der Waals surface area contributed by atoms with E-state index < -0.39 is 9.84 Å². The number of rotatable bonds is 7. The van der Waals surface area contributed by atoms with Gasteiger partial charge in [-0.05, 0) is 37.8 Å². The number of furan rings is 1. The summed E-state index contributed by atoms with van der Waals surface area (Å²) in [5, 5.41) is 0.947. The molecule has 1 aliphatic heterocycles. The smallest absolute Gasteiger partial charge is 0.227 e. The van der Waals surface area contributed by atoms with Crippen molar-refractivity contribution in [2.24, 2.45) is 0 Å². The number of nitrogens with zero attached hydrogens (tertiary/aromatic N) is 1. The third-order valence-electron chi connectivity index (χ3n) is 5.40. The summed E-state index contributed by atoms with van der Waals surface area (Å²) in [5.41, 5.74) is 3.87. The molecule has 1 unspecified atom stereocenters. The maximum atomic E-state index is 13.0. The largest absolute Gasteiger partial charge is 0.464 e. The van der Waals surface area contributed by atoms with E-state index in [9.17, 15) is 13.2 Å². The Kier molecular flexibility index (Phi) is 5.91. The third kappa shape index (κ3) is 4.35. The molecule has 1 fully saturated rings. The van der Waals surface area contributed by atoms with Crippen molar-refractivity contribution in [2.75, 3.05) is 31.8 Å². The predicted molar refractivity (Wildman–Crippen MR) is 105 cm³/mol. The van der Waals surface area contributed by atoms with Gasteiger partial charge in [0.15, 0.2) is 9.84 Å². The Morgan fingerprint density at radius 2 is 2.11 bits per heavy atom. The summed E-state index contributed by atoms with van der Waals surface area (Å²) in [7, 11) is -1.44. The van der Waals surface area contributed by atoms with Crippen molar-refractivity contribution in [1.29, 1.82) is 0 Å². The average Bonchev–Trinajstić information content (AvgIpc) is 3.18. The molecule has 27 heavy (non-hydrogen) atoms. The summed E-state index contributed by atoms with van der Waals surface area (Å²) in [6.45, 7) is 5.07. The Balaban J connectivity index is 1.81. The second-order valence-electron chi connectivity index (χ2n) is 7.31. The highest BCUT2D eigenvalue weighted by molar-refractivity contribution is 7.91. The molecule has 0 N–H and O–H groups in total. The van der Waals surface area contributed by atoms with Crippen LogP contribution >= 0.6 is 0 Å². The molecule has 1 amide bonds. The lowest BCUT2D eigenvalue weighted by atomic mass is 10.0. The van der Waals surface area contributed by atoms with Crippen molar-refractivity contribution in [3.8, 4) is 0 Å². The van der Waals surface area contributed by atoms with Gasteiger partial charge in [-0.2, -0.15) is 0 Å². The van der Waals surface area contributed by atoms with E-state index in [1.807, 2.05) is 26.0 Å². The van der Waals surface area contributed by atoms with Gasteiger partial charge in [0.25, 0.3) is 0 Å². The van der Waals surface area contributed by atoms with E-state index in [4.69, 9.17) is 9.15 Å². The second kappa shape index (κ2) is 8.02. The van der Waals surface area contributed by atoms with Crippen molar-refractivity contribution in [2.45, 2.75) is 39.2 Å². The molecule has 2 heterocycles. The Bertz CT molecular complexity index is 931. The van der Waals surface area contributed by atoms with Crippen LogP contribution in [0.25, 0.3) is 11.0 Å². The first kappa shape index (κ1) is 19.9. The average molecular weight is 394 g/mol. The maximum Gasteiger partial charge on any atom is 0.227 e. The molecule has 2 aromatic rings. The Morgan fingerprint density at radius 1 is 1.33 bits per heavy atom. The molecule has 7 heteroatoms. The standard InChI is InChI=1S/C20H27NO5S/c1-14-5-6-18-16(12-26-20(18)15(14)2)11-19(22)21(8-4-9-25-3)17-7-10-27(23,24)13-17/h5-6,12,17H,4,7-11,13H2,1-3H3. The van der Waals surface area contributed by atoms with Gasteiger partial charge in [0.2, 0.25) is 5.91 Å². The van der Waals surface area contributed by atoms with Crippen molar-refractivity contribution in [1.82, 2.24) is 4.90 Å². The quantitative estimate of drug-likeness (QED) is 0.676. The summed E-state index contributed by atoms with van der Waals surface area (Å²) in [4.78, 5) is 14.8. The van der Waals surface area contributed by atoms with Crippen molar-refractivity contribution >= 4 is 26.7 Å². The van der Waals surface area contributed by atoms with Crippen LogP contribution in [0.1, 0.15) is 29.5 Å². The van der Waals surface area contributed by atoms with Crippen LogP contribution < -0.4 is 0 Å². The number of aryl methyl sites for hydroxylation is 2. The normalized spacial score (nSPS) is 18.9. The highest BCUT2D eigenvalue weighted by Gasteiger charge is 2.34. The Morgan fingerprint density at radius 3 is 2.78 bits per heavy atom. The predicted octanol–water partition coefficient (Wildman–Crippen LogP) is 2.64. The molecule has 1 aromatic carbocycles. The number of hydrogen-bond donors (Lipinski definition) is 0. The van der Waals surface area contributed by atoms with Crippen LogP contribution in [0.5, 0.6) is 0 Å². The fourth-order valence-electron chi connectivity index (χ4n) is 3.70. The monoisotopic (exact) mass is 393 g/mol. The van der Waals surface area contributed by atoms with Gasteiger partial charge in [-0.1, -0.05) is 12.1 Å². The minimum atomic E-state index is -3.06. The number of carbonyl (C=O) groups is 1. The van der Waals surface area contributed by atoms with E-state index in [1.54, 1.807) is 18.3 Å². The summed E-state index contributed by atoms with van der Waals surface area (Å²) in [6.07, 6.45) is 3.04. The molecule has 148 valence electrons. The zero-order chi connectivity index (χ0) is 19.6. The van der Waals surface area contributed by atoms with Gasteiger partial charge in [-0.25, -0.2) is 8.42 Å². The Hall–Kier alpha value is -1.86. The fraction of sp³-hybridized carbons (Fsp3) is 0.550. The van der Waals surface area contributed by atoms with Gasteiger partial charge in [-0.15, -0.1) is 0 Å². The maximum absolute atomic E-state index is 13.0. The van der Waals surface area contributed by atoms with Crippen LogP contribution in [0.4, 0.5) is 0 Å². The summed E-state index contributed by atoms with van der Waals surface area (Å²) in [5.74, 6) is 0.142. The van der Waals surface area contributed by atoms with Gasteiger partial charge in [0.05, 0.1) is 24.2 Å². The first-order valence-corrected chi connectivity index (χ1v) is 11.1. The van der Waals surface area contributed by atoms with E-state index in [2.05, 4.69) is 0 Å². The van der Waals surface area contributed by atoms with Crippen molar-refractivity contribution in [3.05, 3.63) is 35.1 Å². The fourth-order valence-corrected chi connectivity index (χ4v) is 5.43. The summed E-state index contributed by atoms with van der Waals surface area (Å²) >= 11 is 0. The lowest BCUT2D eigenvalue weighted by Crippen LogP contribution is -2.42. The van der Waals surface area contributed by atoms with Crippen LogP contribution in [0.15, 0.2) is 22.8 Å². The zero-order valence-electron chi connectivity index (χ0n) is 16.2. The van der Waals surface area contributed by atoms with Crippen LogP contribution in [0.2, 0.25) is 0 Å². The molecule has 3 rings (SSSR count).